The molecule has 19 heavy (non-hydrogen) atoms. The number of hydrogen-bond donors (Lipinski definition) is 0. The van der Waals surface area contributed by atoms with Crippen LogP contribution in [0.5, 0.6) is 0 Å². The summed E-state index contributed by atoms with van der Waals surface area (Å²) >= 11 is 5.83. The lowest BCUT2D eigenvalue weighted by Gasteiger charge is -2.25. The molecule has 104 valence electrons. The van der Waals surface area contributed by atoms with Gasteiger partial charge < -0.3 is 0 Å². The van der Waals surface area contributed by atoms with Crippen molar-refractivity contribution < 1.29 is 12.8 Å². The van der Waals surface area contributed by atoms with E-state index in [2.05, 4.69) is 0 Å². The molecular weight excluding hydrogens is 291 g/mol. The molecule has 1 rings (SSSR count). The van der Waals surface area contributed by atoms with E-state index in [-0.39, 0.29) is 28.9 Å². The lowest BCUT2D eigenvalue weighted by atomic mass is 10.3. The second kappa shape index (κ2) is 6.33. The predicted molar refractivity (Wildman–Crippen MR) is 70.7 cm³/mol. The molecule has 0 N–H and O–H groups in total. The van der Waals surface area contributed by atoms with Crippen LogP contribution in [0.1, 0.15) is 20.3 Å². The largest absolute Gasteiger partial charge is 0.244 e. The average Bonchev–Trinajstić information content (AvgIpc) is 2.32. The highest BCUT2D eigenvalue weighted by atomic mass is 35.5. The number of halogens is 2. The Kier molecular flexibility index (Phi) is 5.29. The molecule has 0 aliphatic carbocycles. The van der Waals surface area contributed by atoms with Crippen molar-refractivity contribution in [1.82, 2.24) is 4.31 Å². The van der Waals surface area contributed by atoms with E-state index in [1.165, 1.54) is 6.07 Å². The van der Waals surface area contributed by atoms with E-state index in [9.17, 15) is 12.8 Å². The monoisotopic (exact) mass is 304 g/mol. The molecule has 0 aliphatic heterocycles. The first-order valence-corrected chi connectivity index (χ1v) is 7.46. The summed E-state index contributed by atoms with van der Waals surface area (Å²) in [7, 11) is -3.92. The van der Waals surface area contributed by atoms with E-state index in [1.807, 2.05) is 6.07 Å². The molecule has 7 heteroatoms. The van der Waals surface area contributed by atoms with E-state index in [0.29, 0.717) is 0 Å². The van der Waals surface area contributed by atoms with Crippen LogP contribution in [-0.4, -0.2) is 25.3 Å². The van der Waals surface area contributed by atoms with Gasteiger partial charge in [0.15, 0.2) is 0 Å². The van der Waals surface area contributed by atoms with Crippen molar-refractivity contribution in [3.05, 3.63) is 29.0 Å². The van der Waals surface area contributed by atoms with E-state index >= 15 is 0 Å². The summed E-state index contributed by atoms with van der Waals surface area (Å²) in [5.74, 6) is -0.674. The Morgan fingerprint density at radius 2 is 2.11 bits per heavy atom. The molecule has 1 aromatic rings. The lowest BCUT2D eigenvalue weighted by Crippen LogP contribution is -2.37. The van der Waals surface area contributed by atoms with Crippen LogP contribution in [0.4, 0.5) is 4.39 Å². The van der Waals surface area contributed by atoms with Gasteiger partial charge in [-0.15, -0.1) is 0 Å². The summed E-state index contributed by atoms with van der Waals surface area (Å²) in [6.45, 7) is 3.41. The highest BCUT2D eigenvalue weighted by Gasteiger charge is 2.29. The zero-order valence-electron chi connectivity index (χ0n) is 10.6. The Bertz CT molecular complexity index is 596. The summed E-state index contributed by atoms with van der Waals surface area (Å²) in [6.07, 6.45) is 0.0599. The minimum Gasteiger partial charge on any atom is -0.207 e. The first-order chi connectivity index (χ1) is 8.80. The van der Waals surface area contributed by atoms with Crippen molar-refractivity contribution in [2.24, 2.45) is 0 Å². The van der Waals surface area contributed by atoms with Crippen molar-refractivity contribution in [2.45, 2.75) is 31.2 Å². The molecule has 0 saturated heterocycles. The molecule has 0 unspecified atom stereocenters. The lowest BCUT2D eigenvalue weighted by molar-refractivity contribution is 0.360. The third kappa shape index (κ3) is 3.66. The minimum atomic E-state index is -3.92. The number of sulfonamides is 1. The molecule has 0 heterocycles. The van der Waals surface area contributed by atoms with Gasteiger partial charge in [0, 0.05) is 19.0 Å². The fourth-order valence-corrected chi connectivity index (χ4v) is 3.74. The predicted octanol–water partition coefficient (Wildman–Crippen LogP) is 2.79. The van der Waals surface area contributed by atoms with Gasteiger partial charge in [-0.05, 0) is 32.0 Å². The van der Waals surface area contributed by atoms with E-state index in [4.69, 9.17) is 16.9 Å². The van der Waals surface area contributed by atoms with Crippen LogP contribution in [0.3, 0.4) is 0 Å². The standard InChI is InChI=1S/C12H14ClFN2O2S/c1-9(2)16(7-3-6-15)19(17,18)12-8-10(14)4-5-11(12)13/h4-5,8-9H,3,7H2,1-2H3. The molecule has 0 amide bonds. The Labute approximate surface area is 117 Å². The van der Waals surface area contributed by atoms with Crippen LogP contribution in [0, 0.1) is 17.1 Å². The third-order valence-corrected chi connectivity index (χ3v) is 5.06. The Balaban J connectivity index is 3.27. The van der Waals surface area contributed by atoms with Crippen molar-refractivity contribution in [1.29, 1.82) is 5.26 Å². The van der Waals surface area contributed by atoms with Crippen molar-refractivity contribution in [2.75, 3.05) is 6.54 Å². The molecule has 0 fully saturated rings. The molecule has 0 spiro atoms. The van der Waals surface area contributed by atoms with Gasteiger partial charge in [0.2, 0.25) is 10.0 Å². The molecule has 1 aromatic carbocycles. The SMILES string of the molecule is CC(C)N(CCC#N)S(=O)(=O)c1cc(F)ccc1Cl. The van der Waals surface area contributed by atoms with Gasteiger partial charge in [-0.2, -0.15) is 9.57 Å². The molecule has 0 radical (unpaired) electrons. The quantitative estimate of drug-likeness (QED) is 0.840. The van der Waals surface area contributed by atoms with Crippen LogP contribution in [0.25, 0.3) is 0 Å². The van der Waals surface area contributed by atoms with Crippen LogP contribution < -0.4 is 0 Å². The summed E-state index contributed by atoms with van der Waals surface area (Å²) in [6, 6.07) is 4.72. The molecule has 0 saturated carbocycles. The maximum absolute atomic E-state index is 13.2. The highest BCUT2D eigenvalue weighted by molar-refractivity contribution is 7.89. The van der Waals surface area contributed by atoms with Crippen LogP contribution in [0.15, 0.2) is 23.1 Å². The van der Waals surface area contributed by atoms with Gasteiger partial charge in [-0.3, -0.25) is 0 Å². The Morgan fingerprint density at radius 1 is 1.47 bits per heavy atom. The normalized spacial score (nSPS) is 11.8. The van der Waals surface area contributed by atoms with Gasteiger partial charge in [0.1, 0.15) is 10.7 Å². The zero-order chi connectivity index (χ0) is 14.6. The molecular formula is C12H14ClFN2O2S. The second-order valence-corrected chi connectivity index (χ2v) is 6.46. The van der Waals surface area contributed by atoms with Crippen LogP contribution >= 0.6 is 11.6 Å². The van der Waals surface area contributed by atoms with Crippen LogP contribution in [0.2, 0.25) is 5.02 Å². The number of benzene rings is 1. The fourth-order valence-electron chi connectivity index (χ4n) is 1.62. The van der Waals surface area contributed by atoms with Crippen LogP contribution in [-0.2, 0) is 10.0 Å². The van der Waals surface area contributed by atoms with E-state index in [0.717, 1.165) is 16.4 Å². The van der Waals surface area contributed by atoms with E-state index < -0.39 is 15.8 Å². The minimum absolute atomic E-state index is 0.0380. The summed E-state index contributed by atoms with van der Waals surface area (Å²) in [5, 5.41) is 8.54. The van der Waals surface area contributed by atoms with Gasteiger partial charge in [0.05, 0.1) is 11.1 Å². The molecule has 0 atom stereocenters. The van der Waals surface area contributed by atoms with Crippen molar-refractivity contribution >= 4 is 21.6 Å². The molecule has 0 aromatic heterocycles. The van der Waals surface area contributed by atoms with E-state index in [1.54, 1.807) is 13.8 Å². The molecule has 0 aliphatic rings. The van der Waals surface area contributed by atoms with Crippen molar-refractivity contribution in [3.63, 3.8) is 0 Å². The van der Waals surface area contributed by atoms with Gasteiger partial charge >= 0.3 is 0 Å². The average molecular weight is 305 g/mol. The summed E-state index contributed by atoms with van der Waals surface area (Å²) in [4.78, 5) is -0.277. The fraction of sp³-hybridized carbons (Fsp3) is 0.417. The number of hydrogen-bond acceptors (Lipinski definition) is 3. The van der Waals surface area contributed by atoms with Gasteiger partial charge in [-0.25, -0.2) is 12.8 Å². The number of nitriles is 1. The number of rotatable bonds is 5. The summed E-state index contributed by atoms with van der Waals surface area (Å²) < 4.78 is 39.2. The zero-order valence-corrected chi connectivity index (χ0v) is 12.2. The third-order valence-electron chi connectivity index (χ3n) is 2.50. The molecule has 4 nitrogen and oxygen atoms in total. The summed E-state index contributed by atoms with van der Waals surface area (Å²) in [5.41, 5.74) is 0. The van der Waals surface area contributed by atoms with Gasteiger partial charge in [0.25, 0.3) is 0 Å². The maximum Gasteiger partial charge on any atom is 0.244 e. The highest BCUT2D eigenvalue weighted by Crippen LogP contribution is 2.26. The Hall–Kier alpha value is -1.16. The first kappa shape index (κ1) is 15.9. The topological polar surface area (TPSA) is 61.2 Å². The molecule has 0 bridgehead atoms. The van der Waals surface area contributed by atoms with Gasteiger partial charge in [-0.1, -0.05) is 11.6 Å². The van der Waals surface area contributed by atoms with Crippen molar-refractivity contribution in [3.8, 4) is 6.07 Å². The second-order valence-electron chi connectivity index (χ2n) is 4.19. The number of nitrogens with zero attached hydrogens (tertiary/aromatic N) is 2. The maximum atomic E-state index is 13.2. The Morgan fingerprint density at radius 3 is 2.63 bits per heavy atom. The first-order valence-electron chi connectivity index (χ1n) is 5.64. The smallest absolute Gasteiger partial charge is 0.207 e.